The normalized spacial score (nSPS) is 10.3. The average molecular weight is 201 g/mol. The van der Waals surface area contributed by atoms with Crippen molar-refractivity contribution < 1.29 is 0 Å². The standard InChI is InChI=1S/C11H11N3O/c1-8-12-6-9(7-13-8)10-4-3-5-14(2)11(10)15/h3-7H,1-2H3. The lowest BCUT2D eigenvalue weighted by Crippen LogP contribution is -2.17. The molecule has 0 N–H and O–H groups in total. The minimum Gasteiger partial charge on any atom is -0.318 e. The molecular formula is C11H11N3O. The van der Waals surface area contributed by atoms with Gasteiger partial charge in [0.25, 0.3) is 5.56 Å². The second kappa shape index (κ2) is 3.65. The van der Waals surface area contributed by atoms with Crippen LogP contribution in [0.25, 0.3) is 11.1 Å². The predicted octanol–water partition coefficient (Wildman–Crippen LogP) is 1.15. The Bertz CT molecular complexity index is 528. The Morgan fingerprint density at radius 1 is 1.27 bits per heavy atom. The molecule has 0 unspecified atom stereocenters. The molecule has 2 aromatic heterocycles. The van der Waals surface area contributed by atoms with E-state index in [4.69, 9.17) is 0 Å². The lowest BCUT2D eigenvalue weighted by atomic mass is 10.1. The number of hydrogen-bond donors (Lipinski definition) is 0. The van der Waals surface area contributed by atoms with Gasteiger partial charge in [-0.25, -0.2) is 9.97 Å². The van der Waals surface area contributed by atoms with Crippen LogP contribution < -0.4 is 5.56 Å². The first kappa shape index (κ1) is 9.58. The van der Waals surface area contributed by atoms with Crippen LogP contribution in [0.5, 0.6) is 0 Å². The monoisotopic (exact) mass is 201 g/mol. The van der Waals surface area contributed by atoms with Crippen molar-refractivity contribution in [2.24, 2.45) is 7.05 Å². The van der Waals surface area contributed by atoms with E-state index in [9.17, 15) is 4.79 Å². The summed E-state index contributed by atoms with van der Waals surface area (Å²) in [6.07, 6.45) is 5.05. The number of aromatic nitrogens is 3. The van der Waals surface area contributed by atoms with Crippen LogP contribution >= 0.6 is 0 Å². The third-order valence-electron chi connectivity index (χ3n) is 2.22. The topological polar surface area (TPSA) is 47.8 Å². The molecule has 0 radical (unpaired) electrons. The molecule has 0 spiro atoms. The Balaban J connectivity index is 2.59. The zero-order chi connectivity index (χ0) is 10.8. The minimum absolute atomic E-state index is 0.0371. The molecule has 0 aliphatic carbocycles. The zero-order valence-corrected chi connectivity index (χ0v) is 8.64. The molecule has 76 valence electrons. The molecule has 0 bridgehead atoms. The van der Waals surface area contributed by atoms with Gasteiger partial charge in [0.15, 0.2) is 0 Å². The second-order valence-electron chi connectivity index (χ2n) is 3.36. The lowest BCUT2D eigenvalue weighted by molar-refractivity contribution is 0.862. The molecule has 0 saturated carbocycles. The average Bonchev–Trinajstić information content (AvgIpc) is 2.24. The van der Waals surface area contributed by atoms with E-state index in [1.165, 1.54) is 4.57 Å². The first-order chi connectivity index (χ1) is 7.18. The van der Waals surface area contributed by atoms with E-state index in [2.05, 4.69) is 9.97 Å². The molecule has 0 atom stereocenters. The maximum Gasteiger partial charge on any atom is 0.258 e. The van der Waals surface area contributed by atoms with Gasteiger partial charge in [-0.15, -0.1) is 0 Å². The Kier molecular flexibility index (Phi) is 2.33. The van der Waals surface area contributed by atoms with Gasteiger partial charge in [-0.05, 0) is 19.1 Å². The van der Waals surface area contributed by atoms with E-state index in [0.29, 0.717) is 11.4 Å². The Morgan fingerprint density at radius 3 is 2.60 bits per heavy atom. The highest BCUT2D eigenvalue weighted by molar-refractivity contribution is 5.59. The largest absolute Gasteiger partial charge is 0.318 e. The molecule has 0 amide bonds. The van der Waals surface area contributed by atoms with Crippen LogP contribution in [0.1, 0.15) is 5.82 Å². The van der Waals surface area contributed by atoms with E-state index in [1.54, 1.807) is 31.7 Å². The molecule has 0 aliphatic rings. The summed E-state index contributed by atoms with van der Waals surface area (Å²) < 4.78 is 1.54. The van der Waals surface area contributed by atoms with Gasteiger partial charge in [-0.2, -0.15) is 0 Å². The van der Waals surface area contributed by atoms with Gasteiger partial charge in [-0.3, -0.25) is 4.79 Å². The minimum atomic E-state index is -0.0371. The molecule has 2 aromatic rings. The van der Waals surface area contributed by atoms with E-state index in [-0.39, 0.29) is 5.56 Å². The molecular weight excluding hydrogens is 190 g/mol. The Hall–Kier alpha value is -1.97. The van der Waals surface area contributed by atoms with Gasteiger partial charge in [0.2, 0.25) is 0 Å². The molecule has 2 rings (SSSR count). The van der Waals surface area contributed by atoms with Crippen LogP contribution in [0.4, 0.5) is 0 Å². The fourth-order valence-electron chi connectivity index (χ4n) is 1.35. The fraction of sp³-hybridized carbons (Fsp3) is 0.182. The van der Waals surface area contributed by atoms with E-state index in [1.807, 2.05) is 13.0 Å². The quantitative estimate of drug-likeness (QED) is 0.695. The maximum atomic E-state index is 11.8. The lowest BCUT2D eigenvalue weighted by Gasteiger charge is -2.02. The van der Waals surface area contributed by atoms with Gasteiger partial charge < -0.3 is 4.57 Å². The summed E-state index contributed by atoms with van der Waals surface area (Å²) in [7, 11) is 1.72. The maximum absolute atomic E-state index is 11.8. The zero-order valence-electron chi connectivity index (χ0n) is 8.64. The second-order valence-corrected chi connectivity index (χ2v) is 3.36. The van der Waals surface area contributed by atoms with Crippen molar-refractivity contribution in [3.05, 3.63) is 46.9 Å². The van der Waals surface area contributed by atoms with Crippen molar-refractivity contribution in [2.75, 3.05) is 0 Å². The number of hydrogen-bond acceptors (Lipinski definition) is 3. The van der Waals surface area contributed by atoms with Crippen molar-refractivity contribution in [2.45, 2.75) is 6.92 Å². The molecule has 0 aliphatic heterocycles. The van der Waals surface area contributed by atoms with Crippen LogP contribution in [-0.2, 0) is 7.05 Å². The number of pyridine rings is 1. The number of rotatable bonds is 1. The molecule has 0 saturated heterocycles. The summed E-state index contributed by atoms with van der Waals surface area (Å²) in [5.74, 6) is 0.700. The Labute approximate surface area is 87.2 Å². The first-order valence-electron chi connectivity index (χ1n) is 4.63. The van der Waals surface area contributed by atoms with Gasteiger partial charge in [0, 0.05) is 31.2 Å². The molecule has 2 heterocycles. The van der Waals surface area contributed by atoms with Crippen LogP contribution in [0, 0.1) is 6.92 Å². The highest BCUT2D eigenvalue weighted by Crippen LogP contribution is 2.11. The smallest absolute Gasteiger partial charge is 0.258 e. The van der Waals surface area contributed by atoms with E-state index >= 15 is 0 Å². The molecule has 0 fully saturated rings. The third kappa shape index (κ3) is 1.79. The SMILES string of the molecule is Cc1ncc(-c2cccn(C)c2=O)cn1. The highest BCUT2D eigenvalue weighted by atomic mass is 16.1. The summed E-state index contributed by atoms with van der Waals surface area (Å²) in [5.41, 5.74) is 1.34. The molecule has 15 heavy (non-hydrogen) atoms. The molecule has 4 nitrogen and oxygen atoms in total. The molecule has 0 aromatic carbocycles. The fourth-order valence-corrected chi connectivity index (χ4v) is 1.35. The summed E-state index contributed by atoms with van der Waals surface area (Å²) in [5, 5.41) is 0. The summed E-state index contributed by atoms with van der Waals surface area (Å²) in [6, 6.07) is 3.60. The van der Waals surface area contributed by atoms with Gasteiger partial charge in [0.1, 0.15) is 5.82 Å². The predicted molar refractivity (Wildman–Crippen MR) is 57.4 cm³/mol. The van der Waals surface area contributed by atoms with Gasteiger partial charge in [0.05, 0.1) is 5.56 Å². The number of aryl methyl sites for hydroxylation is 2. The van der Waals surface area contributed by atoms with Gasteiger partial charge in [-0.1, -0.05) is 0 Å². The first-order valence-corrected chi connectivity index (χ1v) is 4.63. The Morgan fingerprint density at radius 2 is 1.93 bits per heavy atom. The van der Waals surface area contributed by atoms with Crippen LogP contribution in [-0.4, -0.2) is 14.5 Å². The van der Waals surface area contributed by atoms with Gasteiger partial charge >= 0.3 is 0 Å². The summed E-state index contributed by atoms with van der Waals surface area (Å²) >= 11 is 0. The molecule has 4 heteroatoms. The van der Waals surface area contributed by atoms with Crippen LogP contribution in [0.2, 0.25) is 0 Å². The van der Waals surface area contributed by atoms with Crippen molar-refractivity contribution in [1.82, 2.24) is 14.5 Å². The van der Waals surface area contributed by atoms with Crippen LogP contribution in [0.3, 0.4) is 0 Å². The van der Waals surface area contributed by atoms with E-state index in [0.717, 1.165) is 5.56 Å². The van der Waals surface area contributed by atoms with Crippen LogP contribution in [0.15, 0.2) is 35.5 Å². The van der Waals surface area contributed by atoms with Crippen molar-refractivity contribution >= 4 is 0 Å². The number of nitrogens with zero attached hydrogens (tertiary/aromatic N) is 3. The highest BCUT2D eigenvalue weighted by Gasteiger charge is 2.04. The van der Waals surface area contributed by atoms with Crippen molar-refractivity contribution in [3.8, 4) is 11.1 Å². The van der Waals surface area contributed by atoms with E-state index < -0.39 is 0 Å². The third-order valence-corrected chi connectivity index (χ3v) is 2.22. The summed E-state index contributed by atoms with van der Waals surface area (Å²) in [6.45, 7) is 1.81. The summed E-state index contributed by atoms with van der Waals surface area (Å²) in [4.78, 5) is 19.9. The van der Waals surface area contributed by atoms with Crippen molar-refractivity contribution in [1.29, 1.82) is 0 Å². The van der Waals surface area contributed by atoms with Crippen molar-refractivity contribution in [3.63, 3.8) is 0 Å².